The lowest BCUT2D eigenvalue weighted by Gasteiger charge is -2.07. The third-order valence-electron chi connectivity index (χ3n) is 1.16. The standard InChI is InChI=1S/C9H12O3/c1-2-8-12-9(5-7-11)4-3-6-10/h2-4,6-7,9H,1,5,8H2. The molecule has 0 radical (unpaired) electrons. The number of carbonyl (C=O) groups is 2. The summed E-state index contributed by atoms with van der Waals surface area (Å²) in [5.74, 6) is 0. The summed E-state index contributed by atoms with van der Waals surface area (Å²) in [4.78, 5) is 20.1. The highest BCUT2D eigenvalue weighted by Crippen LogP contribution is 1.97. The van der Waals surface area contributed by atoms with E-state index in [-0.39, 0.29) is 12.5 Å². The fourth-order valence-corrected chi connectivity index (χ4v) is 0.658. The van der Waals surface area contributed by atoms with Crippen LogP contribution in [0.15, 0.2) is 24.8 Å². The van der Waals surface area contributed by atoms with Crippen molar-refractivity contribution in [1.82, 2.24) is 0 Å². The first-order chi connectivity index (χ1) is 5.85. The summed E-state index contributed by atoms with van der Waals surface area (Å²) in [6.45, 7) is 3.84. The van der Waals surface area contributed by atoms with Gasteiger partial charge in [0.2, 0.25) is 0 Å². The molecule has 0 aromatic carbocycles. The van der Waals surface area contributed by atoms with Crippen LogP contribution in [-0.4, -0.2) is 25.3 Å². The molecule has 0 aliphatic heterocycles. The zero-order valence-electron chi connectivity index (χ0n) is 6.81. The Morgan fingerprint density at radius 1 is 1.42 bits per heavy atom. The summed E-state index contributed by atoms with van der Waals surface area (Å²) >= 11 is 0. The fourth-order valence-electron chi connectivity index (χ4n) is 0.658. The van der Waals surface area contributed by atoms with Crippen LogP contribution < -0.4 is 0 Å². The molecular weight excluding hydrogens is 156 g/mol. The molecule has 0 N–H and O–H groups in total. The van der Waals surface area contributed by atoms with Crippen molar-refractivity contribution in [3.8, 4) is 0 Å². The van der Waals surface area contributed by atoms with Crippen molar-refractivity contribution in [3.05, 3.63) is 24.8 Å². The summed E-state index contributed by atoms with van der Waals surface area (Å²) in [5, 5.41) is 0. The molecule has 1 atom stereocenters. The molecule has 0 heterocycles. The highest BCUT2D eigenvalue weighted by molar-refractivity contribution is 5.65. The molecular formula is C9H12O3. The quantitative estimate of drug-likeness (QED) is 0.322. The van der Waals surface area contributed by atoms with Crippen LogP contribution in [0.1, 0.15) is 6.42 Å². The first kappa shape index (κ1) is 10.8. The summed E-state index contributed by atoms with van der Waals surface area (Å²) in [6.07, 6.45) is 5.80. The molecule has 0 aromatic heterocycles. The van der Waals surface area contributed by atoms with Crippen molar-refractivity contribution in [2.24, 2.45) is 0 Å². The predicted octanol–water partition coefficient (Wildman–Crippen LogP) is 0.902. The third-order valence-corrected chi connectivity index (χ3v) is 1.16. The Kier molecular flexibility index (Phi) is 7.08. The van der Waals surface area contributed by atoms with Gasteiger partial charge in [0.05, 0.1) is 12.7 Å². The zero-order valence-corrected chi connectivity index (χ0v) is 6.81. The van der Waals surface area contributed by atoms with E-state index < -0.39 is 0 Å². The van der Waals surface area contributed by atoms with Gasteiger partial charge < -0.3 is 9.53 Å². The number of aldehydes is 2. The van der Waals surface area contributed by atoms with Crippen LogP contribution in [0, 0.1) is 0 Å². The van der Waals surface area contributed by atoms with Gasteiger partial charge >= 0.3 is 0 Å². The van der Waals surface area contributed by atoms with Gasteiger partial charge in [-0.1, -0.05) is 12.2 Å². The van der Waals surface area contributed by atoms with Gasteiger partial charge in [-0.2, -0.15) is 0 Å². The van der Waals surface area contributed by atoms with E-state index >= 15 is 0 Å². The van der Waals surface area contributed by atoms with Crippen molar-refractivity contribution < 1.29 is 14.3 Å². The lowest BCUT2D eigenvalue weighted by atomic mass is 10.2. The number of carbonyl (C=O) groups excluding carboxylic acids is 2. The Hall–Kier alpha value is -1.22. The maximum absolute atomic E-state index is 10.1. The number of rotatable bonds is 7. The predicted molar refractivity (Wildman–Crippen MR) is 45.8 cm³/mol. The first-order valence-electron chi connectivity index (χ1n) is 3.63. The molecule has 12 heavy (non-hydrogen) atoms. The number of hydrogen-bond acceptors (Lipinski definition) is 3. The molecule has 0 aromatic rings. The van der Waals surface area contributed by atoms with Gasteiger partial charge in [0, 0.05) is 6.42 Å². The highest BCUT2D eigenvalue weighted by atomic mass is 16.5. The molecule has 0 aliphatic carbocycles. The van der Waals surface area contributed by atoms with Crippen LogP contribution in [-0.2, 0) is 14.3 Å². The molecule has 1 unspecified atom stereocenters. The van der Waals surface area contributed by atoms with Crippen LogP contribution in [0.4, 0.5) is 0 Å². The first-order valence-corrected chi connectivity index (χ1v) is 3.63. The average molecular weight is 168 g/mol. The van der Waals surface area contributed by atoms with E-state index in [0.29, 0.717) is 12.9 Å². The van der Waals surface area contributed by atoms with Gasteiger partial charge in [-0.25, -0.2) is 0 Å². The van der Waals surface area contributed by atoms with Gasteiger partial charge in [-0.05, 0) is 6.08 Å². The molecule has 0 amide bonds. The Balaban J connectivity index is 3.83. The van der Waals surface area contributed by atoms with Gasteiger partial charge in [-0.15, -0.1) is 6.58 Å². The maximum atomic E-state index is 10.1. The monoisotopic (exact) mass is 168 g/mol. The molecule has 0 fully saturated rings. The molecule has 3 heteroatoms. The minimum Gasteiger partial charge on any atom is -0.370 e. The second-order valence-corrected chi connectivity index (χ2v) is 2.08. The molecule has 66 valence electrons. The van der Waals surface area contributed by atoms with Crippen molar-refractivity contribution in [3.63, 3.8) is 0 Å². The summed E-state index contributed by atoms with van der Waals surface area (Å²) in [7, 11) is 0. The molecule has 0 rings (SSSR count). The van der Waals surface area contributed by atoms with Crippen LogP contribution in [0.3, 0.4) is 0 Å². The van der Waals surface area contributed by atoms with E-state index in [1.165, 1.54) is 6.08 Å². The Morgan fingerprint density at radius 3 is 2.67 bits per heavy atom. The van der Waals surface area contributed by atoms with E-state index in [1.54, 1.807) is 12.2 Å². The van der Waals surface area contributed by atoms with Crippen molar-refractivity contribution >= 4 is 12.6 Å². The fraction of sp³-hybridized carbons (Fsp3) is 0.333. The van der Waals surface area contributed by atoms with E-state index in [4.69, 9.17) is 4.74 Å². The Labute approximate surface area is 71.7 Å². The smallest absolute Gasteiger partial charge is 0.142 e. The molecule has 0 aliphatic rings. The number of allylic oxidation sites excluding steroid dienone is 1. The SMILES string of the molecule is C=CCOC(C=CC=O)CC=O. The largest absolute Gasteiger partial charge is 0.370 e. The van der Waals surface area contributed by atoms with Crippen molar-refractivity contribution in [2.75, 3.05) is 6.61 Å². The number of hydrogen-bond donors (Lipinski definition) is 0. The normalized spacial score (nSPS) is 12.7. The second kappa shape index (κ2) is 7.88. The number of ether oxygens (including phenoxy) is 1. The minimum absolute atomic E-state index is 0.262. The van der Waals surface area contributed by atoms with Crippen LogP contribution in [0.5, 0.6) is 0 Å². The van der Waals surface area contributed by atoms with Crippen LogP contribution in [0.25, 0.3) is 0 Å². The summed E-state index contributed by atoms with van der Waals surface area (Å²) < 4.78 is 5.14. The molecule has 0 saturated carbocycles. The van der Waals surface area contributed by atoms with E-state index in [1.807, 2.05) is 0 Å². The Morgan fingerprint density at radius 2 is 2.17 bits per heavy atom. The van der Waals surface area contributed by atoms with Crippen molar-refractivity contribution in [1.29, 1.82) is 0 Å². The highest BCUT2D eigenvalue weighted by Gasteiger charge is 2.01. The minimum atomic E-state index is -0.314. The third kappa shape index (κ3) is 5.56. The zero-order chi connectivity index (χ0) is 9.23. The van der Waals surface area contributed by atoms with Gasteiger partial charge in [0.25, 0.3) is 0 Å². The molecule has 0 bridgehead atoms. The van der Waals surface area contributed by atoms with Crippen molar-refractivity contribution in [2.45, 2.75) is 12.5 Å². The Bertz CT molecular complexity index is 173. The summed E-state index contributed by atoms with van der Waals surface area (Å²) in [5.41, 5.74) is 0. The molecule has 3 nitrogen and oxygen atoms in total. The lowest BCUT2D eigenvalue weighted by molar-refractivity contribution is -0.109. The van der Waals surface area contributed by atoms with E-state index in [0.717, 1.165) is 6.29 Å². The second-order valence-electron chi connectivity index (χ2n) is 2.08. The molecule has 0 saturated heterocycles. The van der Waals surface area contributed by atoms with Crippen LogP contribution in [0.2, 0.25) is 0 Å². The summed E-state index contributed by atoms with van der Waals surface area (Å²) in [6, 6.07) is 0. The van der Waals surface area contributed by atoms with Gasteiger partial charge in [0.15, 0.2) is 0 Å². The van der Waals surface area contributed by atoms with E-state index in [2.05, 4.69) is 6.58 Å². The van der Waals surface area contributed by atoms with Crippen LogP contribution >= 0.6 is 0 Å². The van der Waals surface area contributed by atoms with Gasteiger partial charge in [-0.3, -0.25) is 4.79 Å². The maximum Gasteiger partial charge on any atom is 0.142 e. The van der Waals surface area contributed by atoms with Gasteiger partial charge in [0.1, 0.15) is 12.6 Å². The lowest BCUT2D eigenvalue weighted by Crippen LogP contribution is -2.10. The molecule has 0 spiro atoms. The topological polar surface area (TPSA) is 43.4 Å². The average Bonchev–Trinajstić information content (AvgIpc) is 2.10. The van der Waals surface area contributed by atoms with E-state index in [9.17, 15) is 9.59 Å².